The Morgan fingerprint density at radius 2 is 0.852 bits per heavy atom. The van der Waals surface area contributed by atoms with Gasteiger partial charge in [0.2, 0.25) is 0 Å². The third-order valence-electron chi connectivity index (χ3n) is 10.3. The van der Waals surface area contributed by atoms with Crippen molar-refractivity contribution in [3.8, 4) is 45.5 Å². The molecule has 0 unspecified atom stereocenters. The first kappa shape index (κ1) is 31.4. The van der Waals surface area contributed by atoms with Gasteiger partial charge in [0.25, 0.3) is 0 Å². The third kappa shape index (κ3) is 4.98. The van der Waals surface area contributed by atoms with Crippen LogP contribution >= 0.6 is 0 Å². The molecule has 3 aromatic heterocycles. The number of aromatic nitrogens is 5. The predicted octanol–water partition coefficient (Wildman–Crippen LogP) is 12.2. The van der Waals surface area contributed by atoms with E-state index in [0.29, 0.717) is 28.7 Å². The number of nitrogens with zero attached hydrogens (tertiary/aromatic N) is 6. The van der Waals surface area contributed by atoms with Crippen molar-refractivity contribution in [3.63, 3.8) is 0 Å². The van der Waals surface area contributed by atoms with Gasteiger partial charge in [-0.3, -0.25) is 0 Å². The minimum Gasteiger partial charge on any atom is -0.308 e. The monoisotopic (exact) mass is 692 g/mol. The minimum atomic E-state index is 0.441. The van der Waals surface area contributed by atoms with E-state index in [4.69, 9.17) is 21.5 Å². The van der Waals surface area contributed by atoms with Gasteiger partial charge >= 0.3 is 0 Å². The van der Waals surface area contributed by atoms with Gasteiger partial charge in [-0.2, -0.15) is 0 Å². The molecule has 0 spiro atoms. The molecule has 0 atom stereocenters. The summed E-state index contributed by atoms with van der Waals surface area (Å²) in [5.74, 6) is 1.54. The number of benzene rings is 7. The summed E-state index contributed by atoms with van der Waals surface area (Å²) in [6.07, 6.45) is 0. The van der Waals surface area contributed by atoms with Crippen molar-refractivity contribution in [2.45, 2.75) is 13.8 Å². The highest BCUT2D eigenvalue weighted by Gasteiger charge is 2.24. The Morgan fingerprint density at radius 1 is 0.426 bits per heavy atom. The van der Waals surface area contributed by atoms with Crippen LogP contribution in [0.3, 0.4) is 0 Å². The zero-order valence-corrected chi connectivity index (χ0v) is 29.7. The number of hydrogen-bond acceptors (Lipinski definition) is 3. The van der Waals surface area contributed by atoms with E-state index in [0.717, 1.165) is 55.3 Å². The van der Waals surface area contributed by atoms with E-state index in [9.17, 15) is 0 Å². The molecule has 10 aromatic rings. The van der Waals surface area contributed by atoms with Crippen molar-refractivity contribution < 1.29 is 0 Å². The van der Waals surface area contributed by atoms with Crippen LogP contribution in [0.5, 0.6) is 0 Å². The fraction of sp³-hybridized carbons (Fsp3) is 0.0417. The van der Waals surface area contributed by atoms with Gasteiger partial charge in [0.15, 0.2) is 23.2 Å². The molecule has 3 heterocycles. The molecule has 7 aromatic carbocycles. The summed E-state index contributed by atoms with van der Waals surface area (Å²) >= 11 is 0. The van der Waals surface area contributed by atoms with Crippen LogP contribution in [0.2, 0.25) is 0 Å². The second kappa shape index (κ2) is 12.4. The Morgan fingerprint density at radius 3 is 1.35 bits per heavy atom. The lowest BCUT2D eigenvalue weighted by atomic mass is 10.1. The fourth-order valence-corrected chi connectivity index (χ4v) is 7.82. The van der Waals surface area contributed by atoms with E-state index in [1.807, 2.05) is 66.7 Å². The third-order valence-corrected chi connectivity index (χ3v) is 10.3. The maximum atomic E-state index is 8.61. The van der Waals surface area contributed by atoms with E-state index >= 15 is 0 Å². The van der Waals surface area contributed by atoms with Gasteiger partial charge in [0.1, 0.15) is 0 Å². The van der Waals surface area contributed by atoms with Crippen molar-refractivity contribution >= 4 is 49.3 Å². The van der Waals surface area contributed by atoms with Crippen LogP contribution in [-0.2, 0) is 0 Å². The Bertz CT molecular complexity index is 3070. The van der Waals surface area contributed by atoms with Crippen LogP contribution in [-0.4, -0.2) is 24.1 Å². The smallest absolute Gasteiger partial charge is 0.200 e. The Balaban J connectivity index is 1.35. The molecule has 54 heavy (non-hydrogen) atoms. The summed E-state index contributed by atoms with van der Waals surface area (Å²) in [6, 6.07) is 54.3. The van der Waals surface area contributed by atoms with E-state index in [-0.39, 0.29) is 0 Å². The average molecular weight is 693 g/mol. The lowest BCUT2D eigenvalue weighted by molar-refractivity contribution is 1.07. The molecule has 0 saturated carbocycles. The quantitative estimate of drug-likeness (QED) is 0.169. The molecule has 0 amide bonds. The second-order valence-corrected chi connectivity index (χ2v) is 13.8. The highest BCUT2D eigenvalue weighted by molar-refractivity contribution is 6.12. The fourth-order valence-electron chi connectivity index (χ4n) is 7.82. The van der Waals surface area contributed by atoms with Crippen LogP contribution in [0.15, 0.2) is 158 Å². The number of hydrogen-bond donors (Lipinski definition) is 0. The first-order valence-corrected chi connectivity index (χ1v) is 18.0. The first-order valence-electron chi connectivity index (χ1n) is 18.0. The lowest BCUT2D eigenvalue weighted by Gasteiger charge is -2.19. The highest BCUT2D eigenvalue weighted by Crippen LogP contribution is 2.43. The average Bonchev–Trinajstić information content (AvgIpc) is 3.72. The van der Waals surface area contributed by atoms with Crippen LogP contribution in [0.1, 0.15) is 11.1 Å². The van der Waals surface area contributed by atoms with E-state index < -0.39 is 0 Å². The standard InChI is InChI=1S/C48H32N6/c1-30-22-24-42-36(26-30)34-18-10-12-20-40(34)53(42)44-28-38(48-51-46(32-14-6-4-7-15-32)50-47(52-48)33-16-8-5-9-17-33)39(49-3)29-45(44)54-41-21-13-11-19-35(41)37-27-31(2)23-25-43(37)54/h4-29H,1-2H3. The Hall–Kier alpha value is -7.36. The van der Waals surface area contributed by atoms with Gasteiger partial charge in [0.05, 0.1) is 40.0 Å². The molecule has 0 aliphatic heterocycles. The maximum Gasteiger partial charge on any atom is 0.200 e. The maximum absolute atomic E-state index is 8.61. The van der Waals surface area contributed by atoms with Gasteiger partial charge < -0.3 is 9.13 Å². The molecular formula is C48H32N6. The van der Waals surface area contributed by atoms with Crippen LogP contribution in [0, 0.1) is 20.4 Å². The van der Waals surface area contributed by atoms with Crippen LogP contribution in [0.4, 0.5) is 5.69 Å². The van der Waals surface area contributed by atoms with Gasteiger partial charge in [-0.15, -0.1) is 0 Å². The van der Waals surface area contributed by atoms with E-state index in [1.54, 1.807) is 0 Å². The molecular weight excluding hydrogens is 661 g/mol. The molecule has 10 rings (SSSR count). The molecule has 0 aliphatic rings. The topological polar surface area (TPSA) is 52.9 Å². The molecule has 0 aliphatic carbocycles. The lowest BCUT2D eigenvalue weighted by Crippen LogP contribution is -2.06. The molecule has 6 nitrogen and oxygen atoms in total. The van der Waals surface area contributed by atoms with Gasteiger partial charge in [-0.25, -0.2) is 19.8 Å². The van der Waals surface area contributed by atoms with E-state index in [2.05, 4.69) is 119 Å². The number of aryl methyl sites for hydroxylation is 2. The largest absolute Gasteiger partial charge is 0.308 e. The van der Waals surface area contributed by atoms with Crippen molar-refractivity contribution in [2.24, 2.45) is 0 Å². The summed E-state index contributed by atoms with van der Waals surface area (Å²) in [6.45, 7) is 12.9. The number of rotatable bonds is 5. The summed E-state index contributed by atoms with van der Waals surface area (Å²) in [4.78, 5) is 19.3. The van der Waals surface area contributed by atoms with Gasteiger partial charge in [-0.05, 0) is 62.4 Å². The van der Waals surface area contributed by atoms with Crippen LogP contribution in [0.25, 0.3) is 94.0 Å². The number of para-hydroxylation sites is 2. The minimum absolute atomic E-state index is 0.441. The molecule has 254 valence electrons. The zero-order valence-electron chi connectivity index (χ0n) is 29.7. The summed E-state index contributed by atoms with van der Waals surface area (Å²) in [5.41, 5.74) is 11.3. The Labute approximate surface area is 312 Å². The normalized spacial score (nSPS) is 11.5. The summed E-state index contributed by atoms with van der Waals surface area (Å²) < 4.78 is 4.65. The SMILES string of the molecule is [C-]#[N+]c1cc(-n2c3ccccc3c3cc(C)ccc32)c(-n2c3ccccc3c3cc(C)ccc32)cc1-c1nc(-c2ccccc2)nc(-c2ccccc2)n1. The van der Waals surface area contributed by atoms with Crippen molar-refractivity contribution in [1.82, 2.24) is 24.1 Å². The van der Waals surface area contributed by atoms with Crippen LogP contribution < -0.4 is 0 Å². The summed E-state index contributed by atoms with van der Waals surface area (Å²) in [7, 11) is 0. The van der Waals surface area contributed by atoms with Crippen molar-refractivity contribution in [3.05, 3.63) is 180 Å². The van der Waals surface area contributed by atoms with Crippen molar-refractivity contribution in [1.29, 1.82) is 0 Å². The number of fused-ring (bicyclic) bond motifs is 6. The molecule has 0 radical (unpaired) electrons. The predicted molar refractivity (Wildman–Crippen MR) is 221 cm³/mol. The van der Waals surface area contributed by atoms with Gasteiger partial charge in [-0.1, -0.05) is 120 Å². The molecule has 0 saturated heterocycles. The second-order valence-electron chi connectivity index (χ2n) is 13.8. The molecule has 0 bridgehead atoms. The molecule has 0 fully saturated rings. The Kier molecular flexibility index (Phi) is 7.21. The molecule has 6 heteroatoms. The zero-order chi connectivity index (χ0) is 36.3. The summed E-state index contributed by atoms with van der Waals surface area (Å²) in [5, 5.41) is 4.66. The molecule has 0 N–H and O–H groups in total. The van der Waals surface area contributed by atoms with Crippen molar-refractivity contribution in [2.75, 3.05) is 0 Å². The highest BCUT2D eigenvalue weighted by atomic mass is 15.1. The van der Waals surface area contributed by atoms with E-state index in [1.165, 1.54) is 21.9 Å². The van der Waals surface area contributed by atoms with Gasteiger partial charge in [0, 0.05) is 38.2 Å². The first-order chi connectivity index (χ1) is 26.6.